The van der Waals surface area contributed by atoms with E-state index in [4.69, 9.17) is 25.8 Å². The van der Waals surface area contributed by atoms with E-state index < -0.39 is 28.7 Å². The van der Waals surface area contributed by atoms with Crippen molar-refractivity contribution in [3.05, 3.63) is 35.9 Å². The molecule has 0 aliphatic carbocycles. The van der Waals surface area contributed by atoms with E-state index in [0.29, 0.717) is 25.0 Å². The number of carbonyl (C=O) groups is 2. The topological polar surface area (TPSA) is 61.8 Å². The summed E-state index contributed by atoms with van der Waals surface area (Å²) in [7, 11) is 0. The number of hydrogen-bond donors (Lipinski definition) is 0. The smallest absolute Gasteiger partial charge is 0.327 e. The molecule has 0 radical (unpaired) electrons. The van der Waals surface area contributed by atoms with Crippen molar-refractivity contribution in [2.45, 2.75) is 69.6 Å². The lowest BCUT2D eigenvalue weighted by Crippen LogP contribution is -2.40. The summed E-state index contributed by atoms with van der Waals surface area (Å²) in [4.78, 5) is 23.9. The van der Waals surface area contributed by atoms with Crippen molar-refractivity contribution in [3.8, 4) is 0 Å². The molecule has 1 aliphatic rings. The molecule has 144 valence electrons. The second kappa shape index (κ2) is 8.87. The van der Waals surface area contributed by atoms with Crippen LogP contribution in [0.15, 0.2) is 30.3 Å². The van der Waals surface area contributed by atoms with Crippen LogP contribution in [0.5, 0.6) is 0 Å². The molecule has 1 fully saturated rings. The summed E-state index contributed by atoms with van der Waals surface area (Å²) in [6.45, 7) is 5.70. The van der Waals surface area contributed by atoms with E-state index >= 15 is 0 Å². The van der Waals surface area contributed by atoms with Crippen molar-refractivity contribution in [2.75, 3.05) is 6.61 Å². The Kier molecular flexibility index (Phi) is 7.07. The molecule has 1 aliphatic heterocycles. The van der Waals surface area contributed by atoms with Gasteiger partial charge in [0.05, 0.1) is 13.0 Å². The van der Waals surface area contributed by atoms with E-state index in [0.717, 1.165) is 12.8 Å². The monoisotopic (exact) mass is 382 g/mol. The van der Waals surface area contributed by atoms with Crippen LogP contribution >= 0.6 is 11.6 Å². The molecule has 0 N–H and O–H groups in total. The standard InChI is InChI=1S/C20H27ClO5/c1-4-19(2,21)18(23)26-20(3,15-10-6-5-7-11-15)14-16(22)25-17-12-8-9-13-24-17/h5-7,10-11,17H,4,8-9,12-14H2,1-3H3. The quantitative estimate of drug-likeness (QED) is 0.519. The first-order valence-electron chi connectivity index (χ1n) is 9.06. The summed E-state index contributed by atoms with van der Waals surface area (Å²) in [6, 6.07) is 9.15. The van der Waals surface area contributed by atoms with Gasteiger partial charge < -0.3 is 14.2 Å². The fourth-order valence-corrected chi connectivity index (χ4v) is 2.75. The Morgan fingerprint density at radius 2 is 1.92 bits per heavy atom. The number of carbonyl (C=O) groups excluding carboxylic acids is 2. The van der Waals surface area contributed by atoms with E-state index in [9.17, 15) is 9.59 Å². The number of rotatable bonds is 7. The molecule has 0 spiro atoms. The predicted molar refractivity (Wildman–Crippen MR) is 98.7 cm³/mol. The van der Waals surface area contributed by atoms with Crippen LogP contribution in [0.4, 0.5) is 0 Å². The highest BCUT2D eigenvalue weighted by Gasteiger charge is 2.40. The summed E-state index contributed by atoms with van der Waals surface area (Å²) in [5, 5.41) is 0. The zero-order valence-corrected chi connectivity index (χ0v) is 16.4. The lowest BCUT2D eigenvalue weighted by molar-refractivity contribution is -0.193. The third-order valence-corrected chi connectivity index (χ3v) is 5.10. The van der Waals surface area contributed by atoms with Crippen LogP contribution in [0.1, 0.15) is 58.4 Å². The molecule has 1 aromatic rings. The van der Waals surface area contributed by atoms with Gasteiger partial charge in [0, 0.05) is 6.42 Å². The van der Waals surface area contributed by atoms with Gasteiger partial charge in [-0.15, -0.1) is 11.6 Å². The van der Waals surface area contributed by atoms with Gasteiger partial charge >= 0.3 is 11.9 Å². The van der Waals surface area contributed by atoms with Gasteiger partial charge in [0.1, 0.15) is 10.5 Å². The number of benzene rings is 1. The Labute approximate surface area is 160 Å². The Bertz CT molecular complexity index is 610. The molecular formula is C20H27ClO5. The Morgan fingerprint density at radius 3 is 2.50 bits per heavy atom. The van der Waals surface area contributed by atoms with E-state index in [1.807, 2.05) is 37.3 Å². The Balaban J connectivity index is 2.15. The number of ether oxygens (including phenoxy) is 3. The van der Waals surface area contributed by atoms with Gasteiger partial charge in [-0.3, -0.25) is 9.59 Å². The van der Waals surface area contributed by atoms with Gasteiger partial charge in [0.15, 0.2) is 0 Å². The van der Waals surface area contributed by atoms with Crippen molar-refractivity contribution in [1.29, 1.82) is 0 Å². The predicted octanol–water partition coefficient (Wildman–Crippen LogP) is 4.31. The van der Waals surface area contributed by atoms with Crippen molar-refractivity contribution in [2.24, 2.45) is 0 Å². The second-order valence-electron chi connectivity index (χ2n) is 7.00. The van der Waals surface area contributed by atoms with E-state index in [-0.39, 0.29) is 6.42 Å². The van der Waals surface area contributed by atoms with Crippen molar-refractivity contribution < 1.29 is 23.8 Å². The minimum atomic E-state index is -1.17. The maximum absolute atomic E-state index is 12.5. The molecule has 0 saturated carbocycles. The highest BCUT2D eigenvalue weighted by Crippen LogP contribution is 2.33. The van der Waals surface area contributed by atoms with Gasteiger partial charge in [0.2, 0.25) is 6.29 Å². The van der Waals surface area contributed by atoms with Crippen LogP contribution in [0.25, 0.3) is 0 Å². The molecule has 5 nitrogen and oxygen atoms in total. The van der Waals surface area contributed by atoms with Crippen LogP contribution in [-0.4, -0.2) is 29.7 Å². The Morgan fingerprint density at radius 1 is 1.23 bits per heavy atom. The maximum atomic E-state index is 12.5. The fourth-order valence-electron chi connectivity index (χ4n) is 2.71. The van der Waals surface area contributed by atoms with Gasteiger partial charge in [-0.2, -0.15) is 0 Å². The normalized spacial score (nSPS) is 21.9. The minimum Gasteiger partial charge on any atom is -0.453 e. The van der Waals surface area contributed by atoms with Gasteiger partial charge in [-0.1, -0.05) is 37.3 Å². The third kappa shape index (κ3) is 5.45. The highest BCUT2D eigenvalue weighted by atomic mass is 35.5. The molecule has 1 heterocycles. The first-order valence-corrected chi connectivity index (χ1v) is 9.43. The summed E-state index contributed by atoms with van der Waals surface area (Å²) < 4.78 is 16.6. The van der Waals surface area contributed by atoms with Crippen molar-refractivity contribution in [1.82, 2.24) is 0 Å². The average Bonchev–Trinajstić information content (AvgIpc) is 2.63. The zero-order valence-electron chi connectivity index (χ0n) is 15.6. The van der Waals surface area contributed by atoms with Crippen LogP contribution in [0, 0.1) is 0 Å². The van der Waals surface area contributed by atoms with Crippen LogP contribution in [-0.2, 0) is 29.4 Å². The van der Waals surface area contributed by atoms with Gasteiger partial charge in [0.25, 0.3) is 0 Å². The maximum Gasteiger partial charge on any atom is 0.327 e. The third-order valence-electron chi connectivity index (χ3n) is 4.67. The van der Waals surface area contributed by atoms with Crippen molar-refractivity contribution in [3.63, 3.8) is 0 Å². The molecule has 1 aromatic carbocycles. The lowest BCUT2D eigenvalue weighted by atomic mass is 9.91. The molecular weight excluding hydrogens is 356 g/mol. The Hall–Kier alpha value is -1.59. The average molecular weight is 383 g/mol. The second-order valence-corrected chi connectivity index (χ2v) is 7.83. The highest BCUT2D eigenvalue weighted by molar-refractivity contribution is 6.33. The summed E-state index contributed by atoms with van der Waals surface area (Å²) in [6.07, 6.45) is 2.39. The number of esters is 2. The van der Waals surface area contributed by atoms with Crippen LogP contribution < -0.4 is 0 Å². The minimum absolute atomic E-state index is 0.112. The molecule has 3 unspecified atom stereocenters. The number of alkyl halides is 1. The summed E-state index contributed by atoms with van der Waals surface area (Å²) in [5.74, 6) is -1.03. The fraction of sp³-hybridized carbons (Fsp3) is 0.600. The molecule has 0 amide bonds. The summed E-state index contributed by atoms with van der Waals surface area (Å²) in [5.41, 5.74) is -0.464. The molecule has 0 aromatic heterocycles. The number of hydrogen-bond acceptors (Lipinski definition) is 5. The van der Waals surface area contributed by atoms with Gasteiger partial charge in [-0.05, 0) is 38.7 Å². The molecule has 6 heteroatoms. The summed E-state index contributed by atoms with van der Waals surface area (Å²) >= 11 is 6.25. The number of halogens is 1. The molecule has 26 heavy (non-hydrogen) atoms. The van der Waals surface area contributed by atoms with Gasteiger partial charge in [-0.25, -0.2) is 0 Å². The van der Waals surface area contributed by atoms with Crippen molar-refractivity contribution >= 4 is 23.5 Å². The molecule has 2 rings (SSSR count). The van der Waals surface area contributed by atoms with E-state index in [1.54, 1.807) is 13.8 Å². The largest absolute Gasteiger partial charge is 0.453 e. The van der Waals surface area contributed by atoms with E-state index in [2.05, 4.69) is 0 Å². The lowest BCUT2D eigenvalue weighted by Gasteiger charge is -2.33. The molecule has 0 bridgehead atoms. The first kappa shape index (κ1) is 20.7. The first-order chi connectivity index (χ1) is 12.3. The van der Waals surface area contributed by atoms with E-state index in [1.165, 1.54) is 0 Å². The molecule has 3 atom stereocenters. The van der Waals surface area contributed by atoms with Crippen LogP contribution in [0.3, 0.4) is 0 Å². The SMILES string of the molecule is CCC(C)(Cl)C(=O)OC(C)(CC(=O)OC1CCCCO1)c1ccccc1. The molecule has 1 saturated heterocycles. The van der Waals surface area contributed by atoms with Crippen LogP contribution in [0.2, 0.25) is 0 Å². The zero-order chi connectivity index (χ0) is 19.2.